The van der Waals surface area contributed by atoms with Gasteiger partial charge in [-0.2, -0.15) is 0 Å². The molecule has 5 nitrogen and oxygen atoms in total. The summed E-state index contributed by atoms with van der Waals surface area (Å²) in [6.45, 7) is 12.9. The number of rotatable bonds is 6. The van der Waals surface area contributed by atoms with E-state index in [-0.39, 0.29) is 17.7 Å². The number of nitrogens with one attached hydrogen (secondary N) is 1. The Kier molecular flexibility index (Phi) is 7.64. The Balaban J connectivity index is 1.85. The zero-order valence-electron chi connectivity index (χ0n) is 18.4. The van der Waals surface area contributed by atoms with E-state index in [0.717, 1.165) is 31.5 Å². The van der Waals surface area contributed by atoms with Gasteiger partial charge in [-0.25, -0.2) is 0 Å². The van der Waals surface area contributed by atoms with Gasteiger partial charge in [0.15, 0.2) is 0 Å². The Morgan fingerprint density at radius 1 is 1.18 bits per heavy atom. The molecule has 2 amide bonds. The van der Waals surface area contributed by atoms with E-state index in [1.807, 2.05) is 25.7 Å². The number of nitrogens with zero attached hydrogens (tertiary/aromatic N) is 2. The minimum absolute atomic E-state index is 0.0510. The Hall–Kier alpha value is -1.88. The van der Waals surface area contributed by atoms with E-state index in [2.05, 4.69) is 55.4 Å². The summed E-state index contributed by atoms with van der Waals surface area (Å²) in [6.07, 6.45) is 1.73. The number of hydrogen-bond donors (Lipinski definition) is 1. The van der Waals surface area contributed by atoms with Crippen LogP contribution in [0.25, 0.3) is 0 Å². The topological polar surface area (TPSA) is 52.7 Å². The van der Waals surface area contributed by atoms with Crippen LogP contribution in [-0.4, -0.2) is 47.8 Å². The molecule has 5 heteroatoms. The predicted octanol–water partition coefficient (Wildman–Crippen LogP) is 3.43. The van der Waals surface area contributed by atoms with Crippen molar-refractivity contribution in [1.29, 1.82) is 0 Å². The molecule has 1 aromatic carbocycles. The van der Waals surface area contributed by atoms with Crippen LogP contribution in [0.1, 0.15) is 58.6 Å². The first kappa shape index (κ1) is 22.4. The van der Waals surface area contributed by atoms with E-state index >= 15 is 0 Å². The van der Waals surface area contributed by atoms with E-state index in [9.17, 15) is 9.59 Å². The molecule has 0 aromatic heterocycles. The lowest BCUT2D eigenvalue weighted by atomic mass is 9.91. The number of carbonyl (C=O) groups excluding carboxylic acids is 2. The van der Waals surface area contributed by atoms with Gasteiger partial charge in [-0.05, 0) is 44.9 Å². The number of piperidine rings is 1. The fourth-order valence-electron chi connectivity index (χ4n) is 3.42. The van der Waals surface area contributed by atoms with Gasteiger partial charge in [0.25, 0.3) is 0 Å². The molecule has 156 valence electrons. The normalized spacial score (nSPS) is 17.9. The Morgan fingerprint density at radius 3 is 2.36 bits per heavy atom. The van der Waals surface area contributed by atoms with Gasteiger partial charge in [-0.3, -0.25) is 14.5 Å². The molecule has 0 spiro atoms. The highest BCUT2D eigenvalue weighted by Crippen LogP contribution is 2.23. The highest BCUT2D eigenvalue weighted by molar-refractivity contribution is 5.83. The highest BCUT2D eigenvalue weighted by atomic mass is 16.2. The van der Waals surface area contributed by atoms with E-state index in [1.165, 1.54) is 5.56 Å². The maximum atomic E-state index is 12.6. The molecule has 0 saturated carbocycles. The molecule has 0 bridgehead atoms. The smallest absolute Gasteiger partial charge is 0.227 e. The van der Waals surface area contributed by atoms with Gasteiger partial charge in [0.1, 0.15) is 0 Å². The van der Waals surface area contributed by atoms with Crippen molar-refractivity contribution < 1.29 is 9.59 Å². The number of carbonyl (C=O) groups is 2. The van der Waals surface area contributed by atoms with Crippen LogP contribution in [0.5, 0.6) is 0 Å². The molecule has 1 aromatic rings. The summed E-state index contributed by atoms with van der Waals surface area (Å²) in [6, 6.07) is 8.94. The van der Waals surface area contributed by atoms with Crippen LogP contribution in [0.4, 0.5) is 0 Å². The highest BCUT2D eigenvalue weighted by Gasteiger charge is 2.33. The summed E-state index contributed by atoms with van der Waals surface area (Å²) in [5, 5.41) is 3.06. The lowest BCUT2D eigenvalue weighted by Crippen LogP contribution is -2.48. The number of benzene rings is 1. The summed E-state index contributed by atoms with van der Waals surface area (Å²) >= 11 is 0. The summed E-state index contributed by atoms with van der Waals surface area (Å²) in [5.74, 6) is 0.0704. The van der Waals surface area contributed by atoms with Gasteiger partial charge in [0.05, 0.1) is 5.92 Å². The molecule has 1 atom stereocenters. The third-order valence-corrected chi connectivity index (χ3v) is 5.52. The Bertz CT molecular complexity index is 661. The largest absolute Gasteiger partial charge is 0.352 e. The molecule has 1 fully saturated rings. The van der Waals surface area contributed by atoms with Crippen molar-refractivity contribution in [3.8, 4) is 0 Å². The summed E-state index contributed by atoms with van der Waals surface area (Å²) in [7, 11) is 2.12. The summed E-state index contributed by atoms with van der Waals surface area (Å²) in [5.41, 5.74) is 1.97. The van der Waals surface area contributed by atoms with Crippen LogP contribution in [0, 0.1) is 11.3 Å². The van der Waals surface area contributed by atoms with Crippen molar-refractivity contribution >= 4 is 11.8 Å². The zero-order valence-corrected chi connectivity index (χ0v) is 18.4. The Labute approximate surface area is 170 Å². The van der Waals surface area contributed by atoms with Gasteiger partial charge in [-0.1, -0.05) is 45.0 Å². The van der Waals surface area contributed by atoms with Crippen molar-refractivity contribution in [3.05, 3.63) is 35.4 Å². The third-order valence-electron chi connectivity index (χ3n) is 5.52. The lowest BCUT2D eigenvalue weighted by molar-refractivity contribution is -0.142. The van der Waals surface area contributed by atoms with E-state index in [1.54, 1.807) is 0 Å². The molecular weight excluding hydrogens is 350 g/mol. The standard InChI is InChI=1S/C23H37N3O2/c1-17(2)25(6)15-19-11-9-18(10-12-19)14-24-21(27)20-8-7-13-26(16-20)22(28)23(3,4)5/h9-12,17,20H,7-8,13-16H2,1-6H3,(H,24,27). The fraction of sp³-hybridized carbons (Fsp3) is 0.652. The summed E-state index contributed by atoms with van der Waals surface area (Å²) < 4.78 is 0. The minimum Gasteiger partial charge on any atom is -0.352 e. The number of hydrogen-bond acceptors (Lipinski definition) is 3. The molecule has 0 aliphatic carbocycles. The van der Waals surface area contributed by atoms with E-state index in [0.29, 0.717) is 19.1 Å². The molecule has 1 aliphatic rings. The molecule has 28 heavy (non-hydrogen) atoms. The SMILES string of the molecule is CC(C)N(C)Cc1ccc(CNC(=O)C2CCCN(C(=O)C(C)(C)C)C2)cc1. The second-order valence-electron chi connectivity index (χ2n) is 9.38. The van der Waals surface area contributed by atoms with Gasteiger partial charge >= 0.3 is 0 Å². The molecule has 0 radical (unpaired) electrons. The van der Waals surface area contributed by atoms with Gasteiger partial charge < -0.3 is 10.2 Å². The molecule has 1 saturated heterocycles. The summed E-state index contributed by atoms with van der Waals surface area (Å²) in [4.78, 5) is 29.3. The van der Waals surface area contributed by atoms with Crippen molar-refractivity contribution in [2.24, 2.45) is 11.3 Å². The van der Waals surface area contributed by atoms with Crippen molar-refractivity contribution in [2.75, 3.05) is 20.1 Å². The van der Waals surface area contributed by atoms with Crippen LogP contribution >= 0.6 is 0 Å². The predicted molar refractivity (Wildman–Crippen MR) is 114 cm³/mol. The minimum atomic E-state index is -0.399. The molecule has 1 heterocycles. The first-order valence-corrected chi connectivity index (χ1v) is 10.4. The molecule has 2 rings (SSSR count). The van der Waals surface area contributed by atoms with Crippen molar-refractivity contribution in [1.82, 2.24) is 15.1 Å². The molecule has 1 unspecified atom stereocenters. The van der Waals surface area contributed by atoms with E-state index < -0.39 is 5.41 Å². The van der Waals surface area contributed by atoms with Crippen LogP contribution in [0.15, 0.2) is 24.3 Å². The average molecular weight is 388 g/mol. The average Bonchev–Trinajstić information content (AvgIpc) is 2.65. The lowest BCUT2D eigenvalue weighted by Gasteiger charge is -2.35. The first-order valence-electron chi connectivity index (χ1n) is 10.4. The molecule has 1 N–H and O–H groups in total. The van der Waals surface area contributed by atoms with Gasteiger partial charge in [0, 0.05) is 37.6 Å². The Morgan fingerprint density at radius 2 is 1.79 bits per heavy atom. The monoisotopic (exact) mass is 387 g/mol. The van der Waals surface area contributed by atoms with Crippen LogP contribution in [0.3, 0.4) is 0 Å². The van der Waals surface area contributed by atoms with Crippen LogP contribution in [-0.2, 0) is 22.7 Å². The maximum Gasteiger partial charge on any atom is 0.227 e. The third kappa shape index (κ3) is 6.33. The molecular formula is C23H37N3O2. The number of amides is 2. The fourth-order valence-corrected chi connectivity index (χ4v) is 3.42. The first-order chi connectivity index (χ1) is 13.1. The second kappa shape index (κ2) is 9.55. The van der Waals surface area contributed by atoms with Crippen molar-refractivity contribution in [2.45, 2.75) is 66.6 Å². The van der Waals surface area contributed by atoms with Crippen LogP contribution < -0.4 is 5.32 Å². The maximum absolute atomic E-state index is 12.6. The van der Waals surface area contributed by atoms with Crippen molar-refractivity contribution in [3.63, 3.8) is 0 Å². The molecule has 1 aliphatic heterocycles. The zero-order chi connectivity index (χ0) is 20.9. The van der Waals surface area contributed by atoms with Gasteiger partial charge in [0.2, 0.25) is 11.8 Å². The van der Waals surface area contributed by atoms with E-state index in [4.69, 9.17) is 0 Å². The second-order valence-corrected chi connectivity index (χ2v) is 9.38. The number of likely N-dealkylation sites (tertiary alicyclic amines) is 1. The quantitative estimate of drug-likeness (QED) is 0.814. The van der Waals surface area contributed by atoms with Crippen LogP contribution in [0.2, 0.25) is 0 Å². The van der Waals surface area contributed by atoms with Gasteiger partial charge in [-0.15, -0.1) is 0 Å².